The third-order valence-electron chi connectivity index (χ3n) is 2.16. The number of carbonyl (C=O) groups excluding carboxylic acids is 1. The fourth-order valence-electron chi connectivity index (χ4n) is 1.35. The Labute approximate surface area is 113 Å². The van der Waals surface area contributed by atoms with E-state index in [1.807, 2.05) is 0 Å². The summed E-state index contributed by atoms with van der Waals surface area (Å²) in [5, 5.41) is 2.90. The number of aromatic nitrogens is 1. The number of hydrogen-bond donors (Lipinski definition) is 1. The molecule has 1 N–H and O–H groups in total. The molecular formula is C12H7Cl2FN2O. The Morgan fingerprint density at radius 2 is 2.00 bits per heavy atom. The average Bonchev–Trinajstić information content (AvgIpc) is 2.28. The Morgan fingerprint density at radius 3 is 2.67 bits per heavy atom. The van der Waals surface area contributed by atoms with Crippen LogP contribution in [0.2, 0.25) is 10.2 Å². The SMILES string of the molecule is O=C(Nc1ccnc(Cl)c1)c1ccc(F)cc1Cl. The monoisotopic (exact) mass is 284 g/mol. The maximum atomic E-state index is 12.8. The van der Waals surface area contributed by atoms with Crippen molar-refractivity contribution in [1.82, 2.24) is 4.98 Å². The van der Waals surface area contributed by atoms with Gasteiger partial charge >= 0.3 is 0 Å². The van der Waals surface area contributed by atoms with Crippen molar-refractivity contribution >= 4 is 34.8 Å². The van der Waals surface area contributed by atoms with Gasteiger partial charge in [-0.15, -0.1) is 0 Å². The molecule has 0 saturated heterocycles. The molecule has 0 bridgehead atoms. The second-order valence-electron chi connectivity index (χ2n) is 3.45. The van der Waals surface area contributed by atoms with Gasteiger partial charge in [0.2, 0.25) is 0 Å². The van der Waals surface area contributed by atoms with Gasteiger partial charge in [-0.3, -0.25) is 4.79 Å². The number of anilines is 1. The third-order valence-corrected chi connectivity index (χ3v) is 2.68. The van der Waals surface area contributed by atoms with Crippen LogP contribution in [-0.4, -0.2) is 10.9 Å². The van der Waals surface area contributed by atoms with Crippen molar-refractivity contribution in [2.24, 2.45) is 0 Å². The molecule has 6 heteroatoms. The second-order valence-corrected chi connectivity index (χ2v) is 4.24. The highest BCUT2D eigenvalue weighted by molar-refractivity contribution is 6.34. The third kappa shape index (κ3) is 2.97. The topological polar surface area (TPSA) is 42.0 Å². The minimum Gasteiger partial charge on any atom is -0.322 e. The molecule has 0 radical (unpaired) electrons. The number of nitrogens with one attached hydrogen (secondary N) is 1. The van der Waals surface area contributed by atoms with E-state index in [9.17, 15) is 9.18 Å². The Bertz CT molecular complexity index is 604. The summed E-state index contributed by atoms with van der Waals surface area (Å²) in [4.78, 5) is 15.7. The highest BCUT2D eigenvalue weighted by atomic mass is 35.5. The normalized spacial score (nSPS) is 10.2. The maximum Gasteiger partial charge on any atom is 0.257 e. The molecule has 0 spiro atoms. The van der Waals surface area contributed by atoms with Crippen molar-refractivity contribution in [3.05, 3.63) is 58.1 Å². The summed E-state index contributed by atoms with van der Waals surface area (Å²) < 4.78 is 12.8. The predicted molar refractivity (Wildman–Crippen MR) is 68.6 cm³/mol. The number of amides is 1. The average molecular weight is 285 g/mol. The van der Waals surface area contributed by atoms with Crippen LogP contribution in [0.5, 0.6) is 0 Å². The van der Waals surface area contributed by atoms with E-state index in [0.717, 1.165) is 6.07 Å². The first-order valence-electron chi connectivity index (χ1n) is 4.94. The van der Waals surface area contributed by atoms with Gasteiger partial charge in [0, 0.05) is 11.9 Å². The summed E-state index contributed by atoms with van der Waals surface area (Å²) in [5.74, 6) is -0.939. The van der Waals surface area contributed by atoms with Crippen LogP contribution >= 0.6 is 23.2 Å². The zero-order chi connectivity index (χ0) is 13.1. The highest BCUT2D eigenvalue weighted by Crippen LogP contribution is 2.19. The first-order chi connectivity index (χ1) is 8.56. The van der Waals surface area contributed by atoms with Crippen molar-refractivity contribution in [3.8, 4) is 0 Å². The van der Waals surface area contributed by atoms with E-state index >= 15 is 0 Å². The minimum absolute atomic E-state index is 0.0488. The van der Waals surface area contributed by atoms with E-state index in [4.69, 9.17) is 23.2 Å². The summed E-state index contributed by atoms with van der Waals surface area (Å²) in [6.45, 7) is 0. The van der Waals surface area contributed by atoms with Gasteiger partial charge in [-0.25, -0.2) is 9.37 Å². The fraction of sp³-hybridized carbons (Fsp3) is 0. The number of pyridine rings is 1. The molecule has 1 aromatic carbocycles. The number of hydrogen-bond acceptors (Lipinski definition) is 2. The molecule has 0 aliphatic heterocycles. The lowest BCUT2D eigenvalue weighted by Gasteiger charge is -2.06. The lowest BCUT2D eigenvalue weighted by atomic mass is 10.2. The molecule has 2 rings (SSSR count). The number of rotatable bonds is 2. The molecule has 1 heterocycles. The van der Waals surface area contributed by atoms with Crippen LogP contribution in [0.15, 0.2) is 36.5 Å². The van der Waals surface area contributed by atoms with Crippen LogP contribution in [0.4, 0.5) is 10.1 Å². The molecular weight excluding hydrogens is 278 g/mol. The molecule has 0 aliphatic carbocycles. The van der Waals surface area contributed by atoms with E-state index in [1.54, 1.807) is 6.07 Å². The Hall–Kier alpha value is -1.65. The molecule has 3 nitrogen and oxygen atoms in total. The molecule has 0 atom stereocenters. The van der Waals surface area contributed by atoms with E-state index in [1.165, 1.54) is 24.4 Å². The highest BCUT2D eigenvalue weighted by Gasteiger charge is 2.11. The molecule has 18 heavy (non-hydrogen) atoms. The summed E-state index contributed by atoms with van der Waals surface area (Å²) in [6.07, 6.45) is 1.46. The van der Waals surface area contributed by atoms with Gasteiger partial charge in [-0.1, -0.05) is 23.2 Å². The minimum atomic E-state index is -0.497. The number of carbonyl (C=O) groups is 1. The van der Waals surface area contributed by atoms with Gasteiger partial charge in [-0.2, -0.15) is 0 Å². The molecule has 0 unspecified atom stereocenters. The second kappa shape index (κ2) is 5.33. The van der Waals surface area contributed by atoms with Crippen LogP contribution in [0.3, 0.4) is 0 Å². The molecule has 0 saturated carbocycles. The van der Waals surface area contributed by atoms with Crippen molar-refractivity contribution in [1.29, 1.82) is 0 Å². The lowest BCUT2D eigenvalue weighted by Crippen LogP contribution is -2.12. The van der Waals surface area contributed by atoms with Crippen molar-refractivity contribution in [2.75, 3.05) is 5.32 Å². The summed E-state index contributed by atoms with van der Waals surface area (Å²) in [5.41, 5.74) is 0.673. The Morgan fingerprint density at radius 1 is 1.22 bits per heavy atom. The van der Waals surface area contributed by atoms with Crippen LogP contribution in [-0.2, 0) is 0 Å². The lowest BCUT2D eigenvalue weighted by molar-refractivity contribution is 0.102. The first kappa shape index (κ1) is 12.8. The van der Waals surface area contributed by atoms with Crippen molar-refractivity contribution < 1.29 is 9.18 Å². The number of benzene rings is 1. The smallest absolute Gasteiger partial charge is 0.257 e. The van der Waals surface area contributed by atoms with Crippen LogP contribution < -0.4 is 5.32 Å². The molecule has 0 fully saturated rings. The Balaban J connectivity index is 2.22. The summed E-state index contributed by atoms with van der Waals surface area (Å²) >= 11 is 11.5. The van der Waals surface area contributed by atoms with E-state index in [2.05, 4.69) is 10.3 Å². The largest absolute Gasteiger partial charge is 0.322 e. The van der Waals surface area contributed by atoms with Gasteiger partial charge in [0.25, 0.3) is 5.91 Å². The molecule has 2 aromatic rings. The molecule has 0 aliphatic rings. The van der Waals surface area contributed by atoms with Crippen molar-refractivity contribution in [2.45, 2.75) is 0 Å². The fourth-order valence-corrected chi connectivity index (χ4v) is 1.78. The molecule has 1 amide bonds. The first-order valence-corrected chi connectivity index (χ1v) is 5.70. The van der Waals surface area contributed by atoms with Gasteiger partial charge in [0.1, 0.15) is 11.0 Å². The maximum absolute atomic E-state index is 12.8. The Kier molecular flexibility index (Phi) is 3.79. The summed E-state index contributed by atoms with van der Waals surface area (Å²) in [7, 11) is 0. The number of halogens is 3. The van der Waals surface area contributed by atoms with E-state index < -0.39 is 11.7 Å². The predicted octanol–water partition coefficient (Wildman–Crippen LogP) is 3.78. The van der Waals surface area contributed by atoms with Crippen LogP contribution in [0.1, 0.15) is 10.4 Å². The summed E-state index contributed by atoms with van der Waals surface area (Å²) in [6, 6.07) is 6.64. The number of nitrogens with zero attached hydrogens (tertiary/aromatic N) is 1. The van der Waals surface area contributed by atoms with Gasteiger partial charge in [0.15, 0.2) is 0 Å². The van der Waals surface area contributed by atoms with Gasteiger partial charge in [0.05, 0.1) is 10.6 Å². The molecule has 1 aromatic heterocycles. The molecule has 92 valence electrons. The quantitative estimate of drug-likeness (QED) is 0.853. The van der Waals surface area contributed by atoms with Crippen LogP contribution in [0.25, 0.3) is 0 Å². The van der Waals surface area contributed by atoms with Crippen LogP contribution in [0, 0.1) is 5.82 Å². The zero-order valence-corrected chi connectivity index (χ0v) is 10.5. The zero-order valence-electron chi connectivity index (χ0n) is 8.95. The van der Waals surface area contributed by atoms with E-state index in [-0.39, 0.29) is 15.7 Å². The van der Waals surface area contributed by atoms with E-state index in [0.29, 0.717) is 5.69 Å². The van der Waals surface area contributed by atoms with Gasteiger partial charge < -0.3 is 5.32 Å². The standard InChI is InChI=1S/C12H7Cl2FN2O/c13-10-5-7(15)1-2-9(10)12(18)17-8-3-4-16-11(14)6-8/h1-6H,(H,16,17,18). The van der Waals surface area contributed by atoms with Gasteiger partial charge in [-0.05, 0) is 30.3 Å². The van der Waals surface area contributed by atoms with Crippen molar-refractivity contribution in [3.63, 3.8) is 0 Å².